The van der Waals surface area contributed by atoms with Crippen molar-refractivity contribution in [1.82, 2.24) is 5.32 Å². The summed E-state index contributed by atoms with van der Waals surface area (Å²) in [5.74, 6) is -0.469. The van der Waals surface area contributed by atoms with Gasteiger partial charge in [0.2, 0.25) is 5.91 Å². The van der Waals surface area contributed by atoms with Crippen LogP contribution in [0.4, 0.5) is 0 Å². The Morgan fingerprint density at radius 1 is 0.508 bits per heavy atom. The molecule has 0 rings (SSSR count). The van der Waals surface area contributed by atoms with E-state index >= 15 is 0 Å². The van der Waals surface area contributed by atoms with Crippen LogP contribution >= 0.6 is 0 Å². The summed E-state index contributed by atoms with van der Waals surface area (Å²) >= 11 is 0. The van der Waals surface area contributed by atoms with Crippen LogP contribution in [0.3, 0.4) is 0 Å². The highest BCUT2D eigenvalue weighted by Gasteiger charge is 2.24. The Morgan fingerprint density at radius 2 is 0.915 bits per heavy atom. The lowest BCUT2D eigenvalue weighted by Crippen LogP contribution is -2.46. The van der Waals surface area contributed by atoms with Gasteiger partial charge in [-0.3, -0.25) is 9.59 Å². The topological polar surface area (TPSA) is 95.9 Å². The first-order valence-corrected chi connectivity index (χ1v) is 26.1. The molecule has 0 radical (unpaired) electrons. The fourth-order valence-electron chi connectivity index (χ4n) is 8.12. The van der Waals surface area contributed by atoms with Crippen LogP contribution < -0.4 is 5.32 Å². The third kappa shape index (κ3) is 42.8. The second-order valence-electron chi connectivity index (χ2n) is 17.9. The number of ether oxygens (including phenoxy) is 1. The van der Waals surface area contributed by atoms with E-state index in [1.54, 1.807) is 0 Å². The van der Waals surface area contributed by atoms with Gasteiger partial charge < -0.3 is 20.3 Å². The summed E-state index contributed by atoms with van der Waals surface area (Å²) in [5, 5.41) is 23.7. The molecule has 59 heavy (non-hydrogen) atoms. The van der Waals surface area contributed by atoms with Gasteiger partial charge in [0.15, 0.2) is 0 Å². The third-order valence-electron chi connectivity index (χ3n) is 12.0. The number of hydrogen-bond acceptors (Lipinski definition) is 5. The molecule has 6 nitrogen and oxygen atoms in total. The Bertz CT molecular complexity index is 935. The van der Waals surface area contributed by atoms with Crippen molar-refractivity contribution >= 4 is 11.9 Å². The fourth-order valence-corrected chi connectivity index (χ4v) is 8.12. The van der Waals surface area contributed by atoms with E-state index in [1.165, 1.54) is 167 Å². The minimum Gasteiger partial charge on any atom is -0.462 e. The molecule has 348 valence electrons. The number of amides is 1. The Kier molecular flexibility index (Phi) is 46.1. The van der Waals surface area contributed by atoms with Crippen molar-refractivity contribution in [2.75, 3.05) is 6.61 Å². The van der Waals surface area contributed by atoms with Crippen molar-refractivity contribution < 1.29 is 24.5 Å². The van der Waals surface area contributed by atoms with Gasteiger partial charge in [-0.2, -0.15) is 0 Å². The van der Waals surface area contributed by atoms with Crippen LogP contribution in [-0.4, -0.2) is 46.9 Å². The van der Waals surface area contributed by atoms with Gasteiger partial charge in [0.25, 0.3) is 0 Å². The van der Waals surface area contributed by atoms with Crippen molar-refractivity contribution in [3.8, 4) is 0 Å². The highest BCUT2D eigenvalue weighted by molar-refractivity contribution is 5.77. The minimum absolute atomic E-state index is 0.0799. The highest BCUT2D eigenvalue weighted by atomic mass is 16.5. The SMILES string of the molecule is CC/C=C/C/C=C/CCCCCCCCCC(=O)OC(CCCCCCCCCCCCCCCCCC)CC(=O)NC(CO)C(O)CCCCCCCCCCCC. The largest absolute Gasteiger partial charge is 0.462 e. The third-order valence-corrected chi connectivity index (χ3v) is 12.0. The van der Waals surface area contributed by atoms with Gasteiger partial charge in [-0.05, 0) is 51.4 Å². The summed E-state index contributed by atoms with van der Waals surface area (Å²) in [6.07, 6.45) is 53.8. The molecule has 0 fully saturated rings. The lowest BCUT2D eigenvalue weighted by molar-refractivity contribution is -0.151. The summed E-state index contributed by atoms with van der Waals surface area (Å²) in [5.41, 5.74) is 0. The molecule has 0 aromatic rings. The van der Waals surface area contributed by atoms with Gasteiger partial charge in [0, 0.05) is 6.42 Å². The molecule has 1 amide bonds. The van der Waals surface area contributed by atoms with Crippen LogP contribution in [0.2, 0.25) is 0 Å². The number of hydrogen-bond donors (Lipinski definition) is 3. The van der Waals surface area contributed by atoms with E-state index in [9.17, 15) is 19.8 Å². The molecule has 0 aliphatic heterocycles. The molecule has 3 unspecified atom stereocenters. The summed E-state index contributed by atoms with van der Waals surface area (Å²) in [6, 6.07) is -0.697. The molecule has 0 aliphatic carbocycles. The van der Waals surface area contributed by atoms with Crippen LogP contribution in [0.1, 0.15) is 278 Å². The van der Waals surface area contributed by atoms with Crippen LogP contribution in [0, 0.1) is 0 Å². The Morgan fingerprint density at radius 3 is 1.37 bits per heavy atom. The smallest absolute Gasteiger partial charge is 0.306 e. The van der Waals surface area contributed by atoms with Gasteiger partial charge in [-0.1, -0.05) is 238 Å². The predicted octanol–water partition coefficient (Wildman–Crippen LogP) is 15.5. The van der Waals surface area contributed by atoms with E-state index in [4.69, 9.17) is 4.74 Å². The standard InChI is InChI=1S/C53H101NO5/c1-4-7-10-13-16-19-22-24-26-27-28-30-32-35-38-41-44-49(59-53(58)46-43-40-37-34-31-29-25-23-20-17-14-11-8-5-2)47-52(57)54-50(48-55)51(56)45-42-39-36-33-21-18-15-12-9-6-3/h8,11,17,20,49-51,55-56H,4-7,9-10,12-16,18-19,21-48H2,1-3H3,(H,54,57)/b11-8+,20-17+. The van der Waals surface area contributed by atoms with Gasteiger partial charge >= 0.3 is 5.97 Å². The average molecular weight is 832 g/mol. The van der Waals surface area contributed by atoms with Gasteiger partial charge in [-0.25, -0.2) is 0 Å². The summed E-state index contributed by atoms with van der Waals surface area (Å²) in [4.78, 5) is 26.1. The van der Waals surface area contributed by atoms with Crippen molar-refractivity contribution in [3.05, 3.63) is 24.3 Å². The number of allylic oxidation sites excluding steroid dienone is 4. The number of carbonyl (C=O) groups is 2. The maximum absolute atomic E-state index is 13.2. The molecule has 3 N–H and O–H groups in total. The van der Waals surface area contributed by atoms with Crippen molar-refractivity contribution in [1.29, 1.82) is 0 Å². The van der Waals surface area contributed by atoms with Crippen molar-refractivity contribution in [2.45, 2.75) is 296 Å². The summed E-state index contributed by atoms with van der Waals surface area (Å²) in [7, 11) is 0. The molecule has 0 spiro atoms. The lowest BCUT2D eigenvalue weighted by atomic mass is 10.0. The number of esters is 1. The quantitative estimate of drug-likeness (QED) is 0.0322. The molecule has 0 aromatic heterocycles. The van der Waals surface area contributed by atoms with Gasteiger partial charge in [0.05, 0.1) is 25.2 Å². The van der Waals surface area contributed by atoms with Gasteiger partial charge in [0.1, 0.15) is 6.10 Å². The first-order valence-electron chi connectivity index (χ1n) is 26.1. The molecule has 0 saturated heterocycles. The fraction of sp³-hybridized carbons (Fsp3) is 0.887. The van der Waals surface area contributed by atoms with E-state index < -0.39 is 18.2 Å². The van der Waals surface area contributed by atoms with Crippen LogP contribution in [0.5, 0.6) is 0 Å². The zero-order valence-corrected chi connectivity index (χ0v) is 39.7. The van der Waals surface area contributed by atoms with Crippen molar-refractivity contribution in [3.63, 3.8) is 0 Å². The monoisotopic (exact) mass is 832 g/mol. The summed E-state index contributed by atoms with van der Waals surface area (Å²) < 4.78 is 5.94. The van der Waals surface area contributed by atoms with Crippen molar-refractivity contribution in [2.24, 2.45) is 0 Å². The zero-order chi connectivity index (χ0) is 43.1. The molecular weight excluding hydrogens is 731 g/mol. The molecule has 0 aromatic carbocycles. The molecule has 0 heterocycles. The first-order chi connectivity index (χ1) is 29.0. The second kappa shape index (κ2) is 47.4. The molecule has 0 aliphatic rings. The van der Waals surface area contributed by atoms with Crippen LogP contribution in [-0.2, 0) is 14.3 Å². The Balaban J connectivity index is 4.55. The number of unbranched alkanes of at least 4 members (excludes halogenated alkanes) is 31. The number of carbonyl (C=O) groups excluding carboxylic acids is 2. The number of rotatable bonds is 47. The van der Waals surface area contributed by atoms with E-state index in [-0.39, 0.29) is 24.9 Å². The molecular formula is C53H101NO5. The molecule has 3 atom stereocenters. The molecule has 6 heteroatoms. The number of nitrogens with one attached hydrogen (secondary N) is 1. The number of aliphatic hydroxyl groups excluding tert-OH is 2. The number of aliphatic hydroxyl groups is 2. The Hall–Kier alpha value is -1.66. The summed E-state index contributed by atoms with van der Waals surface area (Å²) in [6.45, 7) is 6.39. The van der Waals surface area contributed by atoms with Gasteiger partial charge in [-0.15, -0.1) is 0 Å². The molecule has 0 bridgehead atoms. The Labute approximate surface area is 367 Å². The maximum atomic E-state index is 13.2. The van der Waals surface area contributed by atoms with Crippen LogP contribution in [0.15, 0.2) is 24.3 Å². The normalized spacial score (nSPS) is 13.4. The van der Waals surface area contributed by atoms with E-state index in [0.29, 0.717) is 19.3 Å². The van der Waals surface area contributed by atoms with E-state index in [1.807, 2.05) is 0 Å². The van der Waals surface area contributed by atoms with E-state index in [2.05, 4.69) is 50.4 Å². The zero-order valence-electron chi connectivity index (χ0n) is 39.7. The van der Waals surface area contributed by atoms with E-state index in [0.717, 1.165) is 64.2 Å². The highest BCUT2D eigenvalue weighted by Crippen LogP contribution is 2.18. The average Bonchev–Trinajstić information content (AvgIpc) is 3.23. The maximum Gasteiger partial charge on any atom is 0.306 e. The van der Waals surface area contributed by atoms with Crippen LogP contribution in [0.25, 0.3) is 0 Å². The lowest BCUT2D eigenvalue weighted by Gasteiger charge is -2.24. The first kappa shape index (κ1) is 57.3. The minimum atomic E-state index is -0.783. The predicted molar refractivity (Wildman–Crippen MR) is 255 cm³/mol. The molecule has 0 saturated carbocycles. The second-order valence-corrected chi connectivity index (χ2v) is 17.9.